The summed E-state index contributed by atoms with van der Waals surface area (Å²) in [6.45, 7) is 0. The first-order valence-corrected chi connectivity index (χ1v) is 22.3. The first-order chi connectivity index (χ1) is 30.7. The minimum Gasteiger partial charge on any atom is -0.374 e. The van der Waals surface area contributed by atoms with Crippen LogP contribution in [-0.2, 0) is 0 Å². The Morgan fingerprint density at radius 3 is 2.13 bits per heavy atom. The number of anilines is 2. The third-order valence-corrected chi connectivity index (χ3v) is 13.4. The van der Waals surface area contributed by atoms with Gasteiger partial charge < -0.3 is 14.8 Å². The molecule has 0 amide bonds. The third-order valence-electron chi connectivity index (χ3n) is 13.4. The number of hydrogen-bond donors (Lipinski definition) is 1. The van der Waals surface area contributed by atoms with Crippen LogP contribution in [0.3, 0.4) is 0 Å². The summed E-state index contributed by atoms with van der Waals surface area (Å²) in [5.74, 6) is 0.230. The van der Waals surface area contributed by atoms with Gasteiger partial charge in [-0.05, 0) is 119 Å². The number of dihydropyridines is 1. The number of nitrogens with zero attached hydrogens (tertiary/aromatic N) is 2. The maximum atomic E-state index is 3.84. The highest BCUT2D eigenvalue weighted by atomic mass is 15.2. The molecule has 3 heterocycles. The zero-order chi connectivity index (χ0) is 41.0. The van der Waals surface area contributed by atoms with Crippen LogP contribution >= 0.6 is 0 Å². The Labute approximate surface area is 364 Å². The van der Waals surface area contributed by atoms with E-state index >= 15 is 0 Å². The van der Waals surface area contributed by atoms with Gasteiger partial charge in [-0.3, -0.25) is 0 Å². The van der Waals surface area contributed by atoms with Gasteiger partial charge in [0.25, 0.3) is 0 Å². The Hall–Kier alpha value is -7.36. The van der Waals surface area contributed by atoms with Crippen LogP contribution < -0.4 is 10.2 Å². The third kappa shape index (κ3) is 6.27. The molecular formula is C59H47N3. The van der Waals surface area contributed by atoms with Gasteiger partial charge in [0.1, 0.15) is 0 Å². The highest BCUT2D eigenvalue weighted by molar-refractivity contribution is 6.15. The molecule has 3 atom stereocenters. The van der Waals surface area contributed by atoms with E-state index in [9.17, 15) is 0 Å². The van der Waals surface area contributed by atoms with E-state index in [-0.39, 0.29) is 18.0 Å². The van der Waals surface area contributed by atoms with Gasteiger partial charge in [-0.1, -0.05) is 164 Å². The second-order valence-electron chi connectivity index (χ2n) is 17.1. The molecule has 0 fully saturated rings. The molecule has 62 heavy (non-hydrogen) atoms. The summed E-state index contributed by atoms with van der Waals surface area (Å²) in [6, 6.07) is 54.1. The van der Waals surface area contributed by atoms with Crippen LogP contribution in [0.5, 0.6) is 0 Å². The highest BCUT2D eigenvalue weighted by Gasteiger charge is 2.38. The van der Waals surface area contributed by atoms with Crippen LogP contribution in [0.1, 0.15) is 53.9 Å². The normalized spacial score (nSPS) is 20.2. The zero-order valence-corrected chi connectivity index (χ0v) is 34.7. The molecule has 1 aromatic heterocycles. The average molecular weight is 798 g/mol. The van der Waals surface area contributed by atoms with E-state index in [1.807, 2.05) is 0 Å². The molecule has 3 aliphatic carbocycles. The lowest BCUT2D eigenvalue weighted by atomic mass is 9.85. The lowest BCUT2D eigenvalue weighted by Gasteiger charge is -2.30. The van der Waals surface area contributed by atoms with Crippen LogP contribution in [0, 0.1) is 0 Å². The average Bonchev–Trinajstić information content (AvgIpc) is 3.88. The molecule has 2 aliphatic heterocycles. The second kappa shape index (κ2) is 15.3. The molecule has 0 bridgehead atoms. The summed E-state index contributed by atoms with van der Waals surface area (Å²) in [5, 5.41) is 6.42. The summed E-state index contributed by atoms with van der Waals surface area (Å²) >= 11 is 0. The van der Waals surface area contributed by atoms with E-state index in [0.717, 1.165) is 31.4 Å². The van der Waals surface area contributed by atoms with E-state index in [1.165, 1.54) is 89.0 Å². The molecule has 3 nitrogen and oxygen atoms in total. The number of benzene rings is 6. The molecule has 3 unspecified atom stereocenters. The first-order valence-electron chi connectivity index (χ1n) is 22.3. The van der Waals surface area contributed by atoms with Crippen LogP contribution in [0.25, 0.3) is 55.5 Å². The molecule has 3 heteroatoms. The van der Waals surface area contributed by atoms with Crippen molar-refractivity contribution >= 4 is 55.7 Å². The van der Waals surface area contributed by atoms with Gasteiger partial charge in [-0.2, -0.15) is 0 Å². The Kier molecular flexibility index (Phi) is 8.99. The molecule has 0 saturated carbocycles. The molecule has 5 aliphatic rings. The van der Waals surface area contributed by atoms with Gasteiger partial charge in [0, 0.05) is 45.0 Å². The maximum Gasteiger partial charge on any atom is 0.0704 e. The number of nitrogens with one attached hydrogen (secondary N) is 1. The van der Waals surface area contributed by atoms with E-state index in [0.29, 0.717) is 0 Å². The predicted molar refractivity (Wildman–Crippen MR) is 262 cm³/mol. The van der Waals surface area contributed by atoms with Crippen molar-refractivity contribution in [2.24, 2.45) is 0 Å². The summed E-state index contributed by atoms with van der Waals surface area (Å²) in [4.78, 5) is 2.55. The van der Waals surface area contributed by atoms with Gasteiger partial charge in [-0.15, -0.1) is 0 Å². The summed E-state index contributed by atoms with van der Waals surface area (Å²) in [7, 11) is 0. The Balaban J connectivity index is 0.876. The largest absolute Gasteiger partial charge is 0.374 e. The first kappa shape index (κ1) is 36.5. The van der Waals surface area contributed by atoms with E-state index in [4.69, 9.17) is 0 Å². The predicted octanol–water partition coefficient (Wildman–Crippen LogP) is 14.6. The van der Waals surface area contributed by atoms with Crippen molar-refractivity contribution in [1.29, 1.82) is 0 Å². The zero-order valence-electron chi connectivity index (χ0n) is 34.7. The molecule has 7 aromatic rings. The van der Waals surface area contributed by atoms with E-state index in [1.54, 1.807) is 0 Å². The fourth-order valence-corrected chi connectivity index (χ4v) is 10.4. The maximum absolute atomic E-state index is 3.84. The molecule has 298 valence electrons. The summed E-state index contributed by atoms with van der Waals surface area (Å²) in [5.41, 5.74) is 18.8. The van der Waals surface area contributed by atoms with E-state index in [2.05, 4.69) is 227 Å². The van der Waals surface area contributed by atoms with Crippen molar-refractivity contribution in [2.45, 2.75) is 43.7 Å². The van der Waals surface area contributed by atoms with Crippen molar-refractivity contribution in [1.82, 2.24) is 9.88 Å². The van der Waals surface area contributed by atoms with Gasteiger partial charge in [0.2, 0.25) is 0 Å². The lowest BCUT2D eigenvalue weighted by Crippen LogP contribution is -2.30. The standard InChI is InChI=1S/C59H47N3/c1-4-16-41(17-5-1)54-38-46(39-55(60-54)42-18-6-2-7-19-42)44-21-14-20-43(36-44)45-32-35-58-53(37-45)51-25-11-12-28-56(51)61(58)48-33-30-40(31-34-48)49-26-15-27-52-50-24-10-13-29-57(50)62(59(49)52)47-22-8-3-9-23-47/h1,4-6,8,10-39,53,55,58,60H,2-3,7,9H2. The van der Waals surface area contributed by atoms with Gasteiger partial charge in [0.05, 0.1) is 23.1 Å². The van der Waals surface area contributed by atoms with Crippen LogP contribution in [0.2, 0.25) is 0 Å². The Morgan fingerprint density at radius 1 is 0.548 bits per heavy atom. The molecular weight excluding hydrogens is 751 g/mol. The van der Waals surface area contributed by atoms with Gasteiger partial charge >= 0.3 is 0 Å². The monoisotopic (exact) mass is 797 g/mol. The topological polar surface area (TPSA) is 20.2 Å². The highest BCUT2D eigenvalue weighted by Crippen LogP contribution is 2.50. The lowest BCUT2D eigenvalue weighted by molar-refractivity contribution is 0.747. The van der Waals surface area contributed by atoms with Crippen LogP contribution in [0.15, 0.2) is 218 Å². The molecule has 1 N–H and O–H groups in total. The van der Waals surface area contributed by atoms with Crippen molar-refractivity contribution < 1.29 is 0 Å². The number of allylic oxidation sites excluding steroid dienone is 10. The van der Waals surface area contributed by atoms with Crippen molar-refractivity contribution in [3.8, 4) is 11.1 Å². The molecule has 0 spiro atoms. The fourth-order valence-electron chi connectivity index (χ4n) is 10.4. The molecule has 6 aromatic carbocycles. The fraction of sp³-hybridized carbons (Fsp3) is 0.119. The van der Waals surface area contributed by atoms with Crippen molar-refractivity contribution in [2.75, 3.05) is 4.90 Å². The number of para-hydroxylation sites is 3. The molecule has 0 radical (unpaired) electrons. The minimum absolute atomic E-state index is 0.118. The van der Waals surface area contributed by atoms with Crippen LogP contribution in [-0.4, -0.2) is 16.7 Å². The van der Waals surface area contributed by atoms with Crippen molar-refractivity contribution in [3.05, 3.63) is 240 Å². The van der Waals surface area contributed by atoms with Gasteiger partial charge in [0.15, 0.2) is 0 Å². The second-order valence-corrected chi connectivity index (χ2v) is 17.1. The number of rotatable bonds is 7. The number of aromatic nitrogens is 1. The Bertz CT molecular complexity index is 3160. The number of fused-ring (bicyclic) bond motifs is 6. The summed E-state index contributed by atoms with van der Waals surface area (Å²) < 4.78 is 2.48. The van der Waals surface area contributed by atoms with Gasteiger partial charge in [-0.25, -0.2) is 0 Å². The van der Waals surface area contributed by atoms with E-state index < -0.39 is 0 Å². The summed E-state index contributed by atoms with van der Waals surface area (Å²) in [6.07, 6.45) is 30.3. The SMILES string of the molecule is C1=CC(C2C=C(c3cccc(C4=CC5c6ccccc6N(c6ccc(-c7cccc8c9ccccc9n(C9=CCCC=C9)c78)cc6)C5C=C4)c3)C=C(c3ccccc3)N2)=CCC1. The number of hydrogen-bond acceptors (Lipinski definition) is 2. The van der Waals surface area contributed by atoms with Crippen LogP contribution in [0.4, 0.5) is 11.4 Å². The Morgan fingerprint density at radius 2 is 1.29 bits per heavy atom. The van der Waals surface area contributed by atoms with Crippen molar-refractivity contribution in [3.63, 3.8) is 0 Å². The smallest absolute Gasteiger partial charge is 0.0704 e. The molecule has 0 saturated heterocycles. The quantitative estimate of drug-likeness (QED) is 0.173. The molecule has 12 rings (SSSR count). The minimum atomic E-state index is 0.118.